The van der Waals surface area contributed by atoms with Crippen molar-refractivity contribution in [3.05, 3.63) is 35.4 Å². The number of amides is 2. The highest BCUT2D eigenvalue weighted by atomic mass is 127. The summed E-state index contributed by atoms with van der Waals surface area (Å²) >= 11 is 0. The Morgan fingerprint density at radius 3 is 2.61 bits per heavy atom. The molecule has 1 saturated heterocycles. The quantitative estimate of drug-likeness (QED) is 0.313. The fourth-order valence-electron chi connectivity index (χ4n) is 2.93. The van der Waals surface area contributed by atoms with Gasteiger partial charge < -0.3 is 26.0 Å². The molecule has 0 atom stereocenters. The minimum atomic E-state index is -0.445. The number of likely N-dealkylation sites (tertiary alicyclic amines) is 1. The highest BCUT2D eigenvalue weighted by Crippen LogP contribution is 2.12. The minimum Gasteiger partial charge on any atom is -0.450 e. The monoisotopic (exact) mass is 503 g/mol. The molecule has 0 saturated carbocycles. The van der Waals surface area contributed by atoms with Gasteiger partial charge in [0, 0.05) is 31.2 Å². The van der Waals surface area contributed by atoms with E-state index in [0.29, 0.717) is 31.8 Å². The van der Waals surface area contributed by atoms with Gasteiger partial charge in [-0.05, 0) is 44.4 Å². The number of piperidine rings is 1. The number of carbonyl (C=O) groups is 2. The van der Waals surface area contributed by atoms with E-state index in [1.807, 2.05) is 19.9 Å². The Kier molecular flexibility index (Phi) is 10.6. The Hall–Kier alpha value is -2.04. The van der Waals surface area contributed by atoms with Crippen molar-refractivity contribution in [2.24, 2.45) is 10.7 Å². The first-order valence-corrected chi connectivity index (χ1v) is 9.38. The van der Waals surface area contributed by atoms with Crippen molar-refractivity contribution in [1.29, 1.82) is 0 Å². The zero-order valence-corrected chi connectivity index (χ0v) is 18.8. The summed E-state index contributed by atoms with van der Waals surface area (Å²) in [4.78, 5) is 29.4. The summed E-state index contributed by atoms with van der Waals surface area (Å²) in [5.41, 5.74) is 6.72. The molecule has 0 radical (unpaired) electrons. The molecule has 0 bridgehead atoms. The zero-order chi connectivity index (χ0) is 19.6. The van der Waals surface area contributed by atoms with Gasteiger partial charge in [-0.3, -0.25) is 4.79 Å². The van der Waals surface area contributed by atoms with Crippen molar-refractivity contribution in [2.75, 3.05) is 26.2 Å². The van der Waals surface area contributed by atoms with Crippen molar-refractivity contribution >= 4 is 41.9 Å². The highest BCUT2D eigenvalue weighted by molar-refractivity contribution is 14.0. The molecule has 9 heteroatoms. The number of guanidine groups is 1. The fourth-order valence-corrected chi connectivity index (χ4v) is 2.93. The number of halogens is 1. The fraction of sp³-hybridized carbons (Fsp3) is 0.526. The number of benzene rings is 1. The molecule has 8 nitrogen and oxygen atoms in total. The molecule has 156 valence electrons. The zero-order valence-electron chi connectivity index (χ0n) is 16.4. The summed E-state index contributed by atoms with van der Waals surface area (Å²) < 4.78 is 5.05. The number of primary amides is 1. The van der Waals surface area contributed by atoms with Gasteiger partial charge in [0.2, 0.25) is 5.91 Å². The number of carbonyl (C=O) groups excluding carboxylic acids is 2. The van der Waals surface area contributed by atoms with Crippen LogP contribution in [-0.2, 0) is 11.3 Å². The average molecular weight is 503 g/mol. The van der Waals surface area contributed by atoms with Gasteiger partial charge in [0.25, 0.3) is 0 Å². The van der Waals surface area contributed by atoms with E-state index in [4.69, 9.17) is 10.5 Å². The molecule has 1 aliphatic rings. The van der Waals surface area contributed by atoms with E-state index in [2.05, 4.69) is 15.6 Å². The predicted molar refractivity (Wildman–Crippen MR) is 120 cm³/mol. The third kappa shape index (κ3) is 7.53. The number of nitrogens with one attached hydrogen (secondary N) is 2. The van der Waals surface area contributed by atoms with E-state index in [0.717, 1.165) is 30.9 Å². The lowest BCUT2D eigenvalue weighted by Gasteiger charge is -2.32. The van der Waals surface area contributed by atoms with E-state index >= 15 is 0 Å². The molecule has 1 aliphatic heterocycles. The molecule has 0 aliphatic carbocycles. The van der Waals surface area contributed by atoms with Crippen LogP contribution < -0.4 is 16.4 Å². The van der Waals surface area contributed by atoms with Crippen LogP contribution in [0.2, 0.25) is 0 Å². The maximum Gasteiger partial charge on any atom is 0.409 e. The molecule has 1 heterocycles. The number of rotatable bonds is 6. The maximum atomic E-state index is 11.8. The maximum absolute atomic E-state index is 11.8. The third-order valence-corrected chi connectivity index (χ3v) is 4.34. The summed E-state index contributed by atoms with van der Waals surface area (Å²) in [5.74, 6) is 0.274. The third-order valence-electron chi connectivity index (χ3n) is 4.34. The van der Waals surface area contributed by atoms with Crippen molar-refractivity contribution in [3.8, 4) is 0 Å². The van der Waals surface area contributed by atoms with Crippen molar-refractivity contribution < 1.29 is 14.3 Å². The Balaban J connectivity index is 0.00000392. The standard InChI is InChI=1S/C19H29N5O3.HI/c1-3-21-18(22-13-14-6-5-7-15(12-14)17(20)25)23-16-8-10-24(11-9-16)19(26)27-4-2;/h5-7,12,16H,3-4,8-11,13H2,1-2H3,(H2,20,25)(H2,21,22,23);1H. The Morgan fingerprint density at radius 2 is 2.00 bits per heavy atom. The number of ether oxygens (including phenoxy) is 1. The van der Waals surface area contributed by atoms with Crippen molar-refractivity contribution in [2.45, 2.75) is 39.3 Å². The SMILES string of the molecule is CCNC(=NCc1cccc(C(N)=O)c1)NC1CCN(C(=O)OCC)CC1.I. The van der Waals surface area contributed by atoms with Gasteiger partial charge in [-0.2, -0.15) is 0 Å². The van der Waals surface area contributed by atoms with Crippen LogP contribution in [0.15, 0.2) is 29.3 Å². The number of hydrogen-bond donors (Lipinski definition) is 3. The van der Waals surface area contributed by atoms with Crippen LogP contribution in [0.4, 0.5) is 4.79 Å². The van der Waals surface area contributed by atoms with Gasteiger partial charge in [0.15, 0.2) is 5.96 Å². The Morgan fingerprint density at radius 1 is 1.29 bits per heavy atom. The van der Waals surface area contributed by atoms with Crippen molar-refractivity contribution in [1.82, 2.24) is 15.5 Å². The van der Waals surface area contributed by atoms with Crippen LogP contribution >= 0.6 is 24.0 Å². The first-order chi connectivity index (χ1) is 13.0. The molecule has 1 fully saturated rings. The molecule has 4 N–H and O–H groups in total. The number of hydrogen-bond acceptors (Lipinski definition) is 4. The van der Waals surface area contributed by atoms with Gasteiger partial charge in [-0.15, -0.1) is 24.0 Å². The summed E-state index contributed by atoms with van der Waals surface area (Å²) in [7, 11) is 0. The first-order valence-electron chi connectivity index (χ1n) is 9.38. The second-order valence-electron chi connectivity index (χ2n) is 6.36. The van der Waals surface area contributed by atoms with Gasteiger partial charge in [-0.25, -0.2) is 9.79 Å². The average Bonchev–Trinajstić information content (AvgIpc) is 2.67. The van der Waals surface area contributed by atoms with Crippen LogP contribution in [0.3, 0.4) is 0 Å². The molecule has 0 spiro atoms. The molecular formula is C19H30IN5O3. The summed E-state index contributed by atoms with van der Waals surface area (Å²) in [6, 6.07) is 7.41. The van der Waals surface area contributed by atoms with E-state index in [1.165, 1.54) is 0 Å². The molecule has 28 heavy (non-hydrogen) atoms. The largest absolute Gasteiger partial charge is 0.450 e. The topological polar surface area (TPSA) is 109 Å². The molecular weight excluding hydrogens is 473 g/mol. The summed E-state index contributed by atoms with van der Waals surface area (Å²) in [6.45, 7) is 6.73. The lowest BCUT2D eigenvalue weighted by Crippen LogP contribution is -2.49. The van der Waals surface area contributed by atoms with E-state index in [-0.39, 0.29) is 36.1 Å². The predicted octanol–water partition coefficient (Wildman–Crippen LogP) is 2.08. The van der Waals surface area contributed by atoms with Crippen LogP contribution in [0.5, 0.6) is 0 Å². The molecule has 2 rings (SSSR count). The van der Waals surface area contributed by atoms with Gasteiger partial charge in [0.05, 0.1) is 13.2 Å². The number of nitrogens with two attached hydrogens (primary N) is 1. The number of nitrogens with zero attached hydrogens (tertiary/aromatic N) is 2. The van der Waals surface area contributed by atoms with E-state index in [1.54, 1.807) is 23.1 Å². The second-order valence-corrected chi connectivity index (χ2v) is 6.36. The molecule has 0 unspecified atom stereocenters. The van der Waals surface area contributed by atoms with Crippen LogP contribution in [0.1, 0.15) is 42.6 Å². The van der Waals surface area contributed by atoms with Gasteiger partial charge in [-0.1, -0.05) is 12.1 Å². The van der Waals surface area contributed by atoms with E-state index in [9.17, 15) is 9.59 Å². The van der Waals surface area contributed by atoms with Gasteiger partial charge >= 0.3 is 6.09 Å². The van der Waals surface area contributed by atoms with Crippen LogP contribution in [0, 0.1) is 0 Å². The van der Waals surface area contributed by atoms with Crippen molar-refractivity contribution in [3.63, 3.8) is 0 Å². The Labute approximate surface area is 183 Å². The number of aliphatic imine (C=N–C) groups is 1. The minimum absolute atomic E-state index is 0. The summed E-state index contributed by atoms with van der Waals surface area (Å²) in [5, 5.41) is 6.66. The smallest absolute Gasteiger partial charge is 0.409 e. The summed E-state index contributed by atoms with van der Waals surface area (Å²) in [6.07, 6.45) is 1.42. The molecule has 0 aromatic heterocycles. The molecule has 1 aromatic rings. The lowest BCUT2D eigenvalue weighted by molar-refractivity contribution is 0.0961. The Bertz CT molecular complexity index is 675. The molecule has 1 aromatic carbocycles. The molecule has 2 amide bonds. The normalized spacial score (nSPS) is 14.8. The lowest BCUT2D eigenvalue weighted by atomic mass is 10.1. The van der Waals surface area contributed by atoms with Gasteiger partial charge in [0.1, 0.15) is 0 Å². The highest BCUT2D eigenvalue weighted by Gasteiger charge is 2.24. The second kappa shape index (κ2) is 12.4. The van der Waals surface area contributed by atoms with E-state index < -0.39 is 5.91 Å². The first kappa shape index (κ1) is 24.0. The van der Waals surface area contributed by atoms with Crippen LogP contribution in [0.25, 0.3) is 0 Å². The van der Waals surface area contributed by atoms with Crippen LogP contribution in [-0.4, -0.2) is 55.1 Å².